The first-order valence-corrected chi connectivity index (χ1v) is 4.52. The summed E-state index contributed by atoms with van der Waals surface area (Å²) in [6.07, 6.45) is 1.25. The van der Waals surface area contributed by atoms with Crippen molar-refractivity contribution in [3.63, 3.8) is 0 Å². The molecule has 0 amide bonds. The minimum atomic E-state index is 0.884. The molecule has 0 radical (unpaired) electrons. The predicted octanol–water partition coefficient (Wildman–Crippen LogP) is 2.19. The lowest BCUT2D eigenvalue weighted by Crippen LogP contribution is -2.39. The molecule has 0 bridgehead atoms. The molecule has 0 atom stereocenters. The van der Waals surface area contributed by atoms with Crippen LogP contribution in [-0.4, -0.2) is 7.05 Å². The first-order chi connectivity index (χ1) is 5.68. The highest BCUT2D eigenvalue weighted by Crippen LogP contribution is 1.68. The summed E-state index contributed by atoms with van der Waals surface area (Å²) in [5.41, 5.74) is 8.95. The molecular weight excluding hydrogens is 150 g/mol. The maximum Gasteiger partial charge on any atom is 0.0172 e. The zero-order valence-electron chi connectivity index (χ0n) is 9.41. The highest BCUT2D eigenvalue weighted by molar-refractivity contribution is 4.80. The van der Waals surface area contributed by atoms with Crippen LogP contribution in [0, 0.1) is 0 Å². The molecule has 0 aromatic rings. The van der Waals surface area contributed by atoms with Crippen molar-refractivity contribution >= 4 is 0 Å². The van der Waals surface area contributed by atoms with Crippen molar-refractivity contribution in [1.82, 2.24) is 16.4 Å². The van der Waals surface area contributed by atoms with E-state index in [1.165, 1.54) is 6.42 Å². The molecule has 12 heavy (non-hydrogen) atoms. The zero-order chi connectivity index (χ0) is 10.4. The van der Waals surface area contributed by atoms with Crippen molar-refractivity contribution in [3.8, 4) is 0 Å². The van der Waals surface area contributed by atoms with Gasteiger partial charge in [-0.15, -0.1) is 0 Å². The van der Waals surface area contributed by atoms with E-state index in [1.54, 1.807) is 7.05 Å². The Labute approximate surface area is 77.6 Å². The second kappa shape index (κ2) is 22.4. The Morgan fingerprint density at radius 1 is 1.25 bits per heavy atom. The third kappa shape index (κ3) is 56.6. The van der Waals surface area contributed by atoms with Gasteiger partial charge in [0.05, 0.1) is 0 Å². The number of hydrogen-bond acceptors (Lipinski definition) is 3. The van der Waals surface area contributed by atoms with E-state index in [-0.39, 0.29) is 0 Å². The lowest BCUT2D eigenvalue weighted by Gasteiger charge is -2.02. The van der Waals surface area contributed by atoms with Crippen molar-refractivity contribution < 1.29 is 0 Å². The van der Waals surface area contributed by atoms with E-state index in [0.717, 1.165) is 5.70 Å². The number of allylic oxidation sites excluding steroid dienone is 1. The van der Waals surface area contributed by atoms with Gasteiger partial charge in [-0.05, 0) is 6.92 Å². The monoisotopic (exact) mass is 175 g/mol. The Bertz CT molecular complexity index is 72.2. The Hall–Kier alpha value is -0.540. The Balaban J connectivity index is -0.000000137. The van der Waals surface area contributed by atoms with Gasteiger partial charge in [-0.1, -0.05) is 40.7 Å². The predicted molar refractivity (Wildman–Crippen MR) is 57.5 cm³/mol. The average molecular weight is 175 g/mol. The van der Waals surface area contributed by atoms with Crippen molar-refractivity contribution in [1.29, 1.82) is 0 Å². The maximum atomic E-state index is 3.58. The first kappa shape index (κ1) is 17.5. The zero-order valence-corrected chi connectivity index (χ0v) is 9.41. The van der Waals surface area contributed by atoms with Gasteiger partial charge >= 0.3 is 0 Å². The standard InChI is InChI=1S/C4H11N3.C3H8.C2H6/c1-4(2)6-7-5-3;1-3-2;1-2/h5-7H,1H2,2-3H3;3H2,1-2H3;1-2H3. The van der Waals surface area contributed by atoms with E-state index in [2.05, 4.69) is 36.8 Å². The molecule has 0 heterocycles. The van der Waals surface area contributed by atoms with Gasteiger partial charge in [0.25, 0.3) is 0 Å². The Morgan fingerprint density at radius 2 is 1.58 bits per heavy atom. The lowest BCUT2D eigenvalue weighted by molar-refractivity contribution is 0.523. The van der Waals surface area contributed by atoms with E-state index in [0.29, 0.717) is 0 Å². The van der Waals surface area contributed by atoms with Crippen LogP contribution in [0.4, 0.5) is 0 Å². The van der Waals surface area contributed by atoms with Crippen LogP contribution in [0.5, 0.6) is 0 Å². The average Bonchev–Trinajstić information content (AvgIpc) is 2.06. The van der Waals surface area contributed by atoms with Crippen molar-refractivity contribution in [3.05, 3.63) is 12.3 Å². The highest BCUT2D eigenvalue weighted by atomic mass is 15.6. The van der Waals surface area contributed by atoms with E-state index in [9.17, 15) is 0 Å². The highest BCUT2D eigenvalue weighted by Gasteiger charge is 1.72. The Kier molecular flexibility index (Phi) is 32.7. The van der Waals surface area contributed by atoms with E-state index in [1.807, 2.05) is 20.8 Å². The molecule has 0 aromatic carbocycles. The SMILES string of the molecule is C=C(C)NNNC.CC.CCC. The number of rotatable bonds is 3. The second-order valence-corrected chi connectivity index (χ2v) is 1.99. The van der Waals surface area contributed by atoms with Gasteiger partial charge in [-0.25, -0.2) is 5.43 Å². The number of nitrogens with one attached hydrogen (secondary N) is 3. The molecule has 3 heteroatoms. The molecular formula is C9H25N3. The fourth-order valence-corrected chi connectivity index (χ4v) is 0.169. The summed E-state index contributed by atoms with van der Waals surface area (Å²) < 4.78 is 0. The van der Waals surface area contributed by atoms with Crippen LogP contribution in [0.2, 0.25) is 0 Å². The summed E-state index contributed by atoms with van der Waals surface area (Å²) in [5.74, 6) is 0. The van der Waals surface area contributed by atoms with Gasteiger partial charge in [0.2, 0.25) is 0 Å². The van der Waals surface area contributed by atoms with Gasteiger partial charge in [0.15, 0.2) is 0 Å². The summed E-state index contributed by atoms with van der Waals surface area (Å²) in [7, 11) is 1.77. The lowest BCUT2D eigenvalue weighted by atomic mass is 10.6. The Morgan fingerprint density at radius 3 is 1.67 bits per heavy atom. The minimum absolute atomic E-state index is 0.884. The molecule has 0 aromatic heterocycles. The molecule has 0 aliphatic heterocycles. The van der Waals surface area contributed by atoms with Crippen molar-refractivity contribution in [2.75, 3.05) is 7.05 Å². The molecule has 0 saturated heterocycles. The molecule has 0 unspecified atom stereocenters. The number of hydrogen-bond donors (Lipinski definition) is 3. The fraction of sp³-hybridized carbons (Fsp3) is 0.778. The van der Waals surface area contributed by atoms with Crippen LogP contribution in [0.25, 0.3) is 0 Å². The molecule has 0 aliphatic carbocycles. The second-order valence-electron chi connectivity index (χ2n) is 1.99. The summed E-state index contributed by atoms with van der Waals surface area (Å²) in [4.78, 5) is 0. The molecule has 0 aliphatic rings. The van der Waals surface area contributed by atoms with Gasteiger partial charge in [0.1, 0.15) is 0 Å². The molecule has 0 saturated carbocycles. The maximum absolute atomic E-state index is 3.58. The quantitative estimate of drug-likeness (QED) is 0.575. The van der Waals surface area contributed by atoms with E-state index >= 15 is 0 Å². The van der Waals surface area contributed by atoms with Crippen LogP contribution in [0.3, 0.4) is 0 Å². The first-order valence-electron chi connectivity index (χ1n) is 4.52. The summed E-state index contributed by atoms with van der Waals surface area (Å²) in [6.45, 7) is 13.7. The topological polar surface area (TPSA) is 36.1 Å². The van der Waals surface area contributed by atoms with Gasteiger partial charge in [-0.2, -0.15) is 5.53 Å². The minimum Gasteiger partial charge on any atom is -0.313 e. The normalized spacial score (nSPS) is 6.83. The van der Waals surface area contributed by atoms with E-state index in [4.69, 9.17) is 0 Å². The van der Waals surface area contributed by atoms with E-state index < -0.39 is 0 Å². The number of hydrazine groups is 2. The molecule has 3 N–H and O–H groups in total. The smallest absolute Gasteiger partial charge is 0.0172 e. The van der Waals surface area contributed by atoms with Crippen LogP contribution in [0.1, 0.15) is 41.0 Å². The third-order valence-corrected chi connectivity index (χ3v) is 0.401. The summed E-state index contributed by atoms with van der Waals surface area (Å²) in [5, 5.41) is 0. The van der Waals surface area contributed by atoms with Crippen LogP contribution in [-0.2, 0) is 0 Å². The van der Waals surface area contributed by atoms with Gasteiger partial charge in [-0.3, -0.25) is 0 Å². The summed E-state index contributed by atoms with van der Waals surface area (Å²) in [6, 6.07) is 0. The van der Waals surface area contributed by atoms with Gasteiger partial charge in [0, 0.05) is 12.7 Å². The van der Waals surface area contributed by atoms with Gasteiger partial charge < -0.3 is 5.43 Å². The van der Waals surface area contributed by atoms with Crippen LogP contribution in [0.15, 0.2) is 12.3 Å². The largest absolute Gasteiger partial charge is 0.313 e. The van der Waals surface area contributed by atoms with Crippen LogP contribution < -0.4 is 16.4 Å². The van der Waals surface area contributed by atoms with Crippen LogP contribution >= 0.6 is 0 Å². The fourth-order valence-electron chi connectivity index (χ4n) is 0.169. The molecule has 0 fully saturated rings. The van der Waals surface area contributed by atoms with Crippen molar-refractivity contribution in [2.24, 2.45) is 0 Å². The molecule has 3 nitrogen and oxygen atoms in total. The van der Waals surface area contributed by atoms with Crippen molar-refractivity contribution in [2.45, 2.75) is 41.0 Å². The molecule has 76 valence electrons. The third-order valence-electron chi connectivity index (χ3n) is 0.401. The molecule has 0 spiro atoms. The molecule has 0 rings (SSSR count). The summed E-state index contributed by atoms with van der Waals surface area (Å²) >= 11 is 0.